The summed E-state index contributed by atoms with van der Waals surface area (Å²) >= 11 is 0. The monoisotopic (exact) mass is 265 g/mol. The van der Waals surface area contributed by atoms with Gasteiger partial charge in [-0.1, -0.05) is 0 Å². The smallest absolute Gasteiger partial charge is 0.330 e. The zero-order chi connectivity index (χ0) is 14.0. The third-order valence-electron chi connectivity index (χ3n) is 3.24. The number of nitrogens with zero attached hydrogens (tertiary/aromatic N) is 4. The van der Waals surface area contributed by atoms with Crippen LogP contribution in [0, 0.1) is 0 Å². The maximum Gasteiger partial charge on any atom is 0.332 e. The maximum absolute atomic E-state index is 12.4. The molecule has 0 saturated carbocycles. The number of imidazole rings is 1. The van der Waals surface area contributed by atoms with Crippen LogP contribution in [-0.2, 0) is 20.1 Å². The van der Waals surface area contributed by atoms with E-state index in [0.717, 1.165) is 12.8 Å². The first kappa shape index (κ1) is 13.5. The van der Waals surface area contributed by atoms with Crippen LogP contribution in [0.3, 0.4) is 0 Å². The molecule has 0 aliphatic carbocycles. The minimum atomic E-state index is -0.296. The van der Waals surface area contributed by atoms with Crippen LogP contribution >= 0.6 is 0 Å². The molecule has 7 heteroatoms. The number of fused-ring (bicyclic) bond motifs is 1. The number of hydrogen-bond donors (Lipinski definition) is 1. The number of aromatic nitrogens is 4. The van der Waals surface area contributed by atoms with Gasteiger partial charge in [0, 0.05) is 20.1 Å². The Morgan fingerprint density at radius 3 is 2.63 bits per heavy atom. The molecule has 19 heavy (non-hydrogen) atoms. The molecule has 2 rings (SSSR count). The molecule has 0 spiro atoms. The van der Waals surface area contributed by atoms with Gasteiger partial charge in [0.2, 0.25) is 0 Å². The van der Waals surface area contributed by atoms with Crippen LogP contribution in [0.25, 0.3) is 11.2 Å². The number of aryl methyl sites for hydroxylation is 2. The lowest BCUT2D eigenvalue weighted by Crippen LogP contribution is -2.40. The molecule has 2 aromatic rings. The van der Waals surface area contributed by atoms with E-state index in [0.29, 0.717) is 30.8 Å². The van der Waals surface area contributed by atoms with Gasteiger partial charge in [-0.3, -0.25) is 13.9 Å². The van der Waals surface area contributed by atoms with Gasteiger partial charge in [0.25, 0.3) is 5.56 Å². The molecule has 0 aliphatic heterocycles. The van der Waals surface area contributed by atoms with Crippen molar-refractivity contribution < 1.29 is 0 Å². The Morgan fingerprint density at radius 2 is 2.00 bits per heavy atom. The largest absolute Gasteiger partial charge is 0.332 e. The highest BCUT2D eigenvalue weighted by atomic mass is 16.2. The number of rotatable bonds is 5. The van der Waals surface area contributed by atoms with E-state index in [-0.39, 0.29) is 11.2 Å². The Balaban J connectivity index is 2.66. The zero-order valence-electron chi connectivity index (χ0n) is 11.3. The van der Waals surface area contributed by atoms with Crippen molar-refractivity contribution in [2.75, 3.05) is 6.54 Å². The molecule has 0 radical (unpaired) electrons. The molecule has 0 unspecified atom stereocenters. The summed E-state index contributed by atoms with van der Waals surface area (Å²) in [5.41, 5.74) is 5.79. The molecule has 0 saturated heterocycles. The van der Waals surface area contributed by atoms with Gasteiger partial charge in [-0.05, 0) is 26.3 Å². The fourth-order valence-electron chi connectivity index (χ4n) is 2.21. The van der Waals surface area contributed by atoms with Gasteiger partial charge in [0.15, 0.2) is 11.2 Å². The first-order valence-electron chi connectivity index (χ1n) is 6.46. The minimum absolute atomic E-state index is 0.276. The topological polar surface area (TPSA) is 87.8 Å². The van der Waals surface area contributed by atoms with Crippen LogP contribution in [0.1, 0.15) is 19.8 Å². The fourth-order valence-corrected chi connectivity index (χ4v) is 2.21. The number of unbranched alkanes of at least 4 members (excludes halogenated alkanes) is 1. The van der Waals surface area contributed by atoms with Crippen molar-refractivity contribution in [1.29, 1.82) is 0 Å². The number of hydrogen-bond acceptors (Lipinski definition) is 4. The molecule has 2 heterocycles. The standard InChI is InChI=1S/C12H19N5O2/c1-3-16-10-9(15(2)8-14-10)11(18)17(12(16)19)7-5-4-6-13/h8H,3-7,13H2,1-2H3. The van der Waals surface area contributed by atoms with Crippen molar-refractivity contribution in [2.45, 2.75) is 32.9 Å². The second-order valence-corrected chi connectivity index (χ2v) is 4.51. The van der Waals surface area contributed by atoms with Crippen molar-refractivity contribution in [3.63, 3.8) is 0 Å². The van der Waals surface area contributed by atoms with Gasteiger partial charge in [-0.2, -0.15) is 0 Å². The molecule has 0 atom stereocenters. The van der Waals surface area contributed by atoms with Crippen molar-refractivity contribution in [3.05, 3.63) is 27.2 Å². The van der Waals surface area contributed by atoms with E-state index in [1.54, 1.807) is 17.9 Å². The third kappa shape index (κ3) is 2.21. The normalized spacial score (nSPS) is 11.3. The average Bonchev–Trinajstić information content (AvgIpc) is 2.76. The van der Waals surface area contributed by atoms with Gasteiger partial charge >= 0.3 is 5.69 Å². The van der Waals surface area contributed by atoms with Crippen LogP contribution in [0.15, 0.2) is 15.9 Å². The van der Waals surface area contributed by atoms with Crippen molar-refractivity contribution >= 4 is 11.2 Å². The summed E-state index contributed by atoms with van der Waals surface area (Å²) in [6.07, 6.45) is 3.07. The Labute approximate surface area is 110 Å². The fraction of sp³-hybridized carbons (Fsp3) is 0.583. The summed E-state index contributed by atoms with van der Waals surface area (Å²) in [5, 5.41) is 0. The van der Waals surface area contributed by atoms with Gasteiger partial charge in [0.1, 0.15) is 0 Å². The highest BCUT2D eigenvalue weighted by Crippen LogP contribution is 2.04. The van der Waals surface area contributed by atoms with Crippen molar-refractivity contribution in [1.82, 2.24) is 18.7 Å². The second-order valence-electron chi connectivity index (χ2n) is 4.51. The highest BCUT2D eigenvalue weighted by Gasteiger charge is 2.15. The number of nitrogens with two attached hydrogens (primary N) is 1. The lowest BCUT2D eigenvalue weighted by atomic mass is 10.3. The summed E-state index contributed by atoms with van der Waals surface area (Å²) in [7, 11) is 1.76. The molecule has 2 N–H and O–H groups in total. The summed E-state index contributed by atoms with van der Waals surface area (Å²) in [4.78, 5) is 28.8. The van der Waals surface area contributed by atoms with Crippen molar-refractivity contribution in [2.24, 2.45) is 12.8 Å². The van der Waals surface area contributed by atoms with Gasteiger partial charge in [0.05, 0.1) is 6.33 Å². The second kappa shape index (κ2) is 5.40. The van der Waals surface area contributed by atoms with Crippen LogP contribution < -0.4 is 17.0 Å². The summed E-state index contributed by atoms with van der Waals surface area (Å²) in [5.74, 6) is 0. The van der Waals surface area contributed by atoms with Crippen LogP contribution in [0.2, 0.25) is 0 Å². The Bertz CT molecular complexity index is 694. The maximum atomic E-state index is 12.4. The molecular weight excluding hydrogens is 246 g/mol. The third-order valence-corrected chi connectivity index (χ3v) is 3.24. The van der Waals surface area contributed by atoms with Crippen LogP contribution in [-0.4, -0.2) is 25.2 Å². The lowest BCUT2D eigenvalue weighted by Gasteiger charge is -2.09. The molecule has 7 nitrogen and oxygen atoms in total. The molecule has 0 aromatic carbocycles. The van der Waals surface area contributed by atoms with E-state index < -0.39 is 0 Å². The summed E-state index contributed by atoms with van der Waals surface area (Å²) in [6, 6.07) is 0. The molecule has 104 valence electrons. The van der Waals surface area contributed by atoms with E-state index in [1.807, 2.05) is 6.92 Å². The quantitative estimate of drug-likeness (QED) is 0.749. The average molecular weight is 265 g/mol. The molecule has 0 amide bonds. The SMILES string of the molecule is CCn1c(=O)n(CCCCN)c(=O)c2c1ncn2C. The first-order valence-corrected chi connectivity index (χ1v) is 6.46. The Morgan fingerprint density at radius 1 is 1.26 bits per heavy atom. The van der Waals surface area contributed by atoms with Crippen LogP contribution in [0.5, 0.6) is 0 Å². The van der Waals surface area contributed by atoms with Crippen LogP contribution in [0.4, 0.5) is 0 Å². The highest BCUT2D eigenvalue weighted by molar-refractivity contribution is 5.69. The van der Waals surface area contributed by atoms with Gasteiger partial charge in [-0.15, -0.1) is 0 Å². The molecular formula is C12H19N5O2. The minimum Gasteiger partial charge on any atom is -0.330 e. The van der Waals surface area contributed by atoms with E-state index in [1.165, 1.54) is 9.13 Å². The molecule has 0 bridgehead atoms. The van der Waals surface area contributed by atoms with E-state index in [4.69, 9.17) is 5.73 Å². The van der Waals surface area contributed by atoms with E-state index in [9.17, 15) is 9.59 Å². The Kier molecular flexibility index (Phi) is 3.84. The Hall–Kier alpha value is -1.89. The van der Waals surface area contributed by atoms with Gasteiger partial charge < -0.3 is 10.3 Å². The molecule has 0 fully saturated rings. The molecule has 0 aliphatic rings. The summed E-state index contributed by atoms with van der Waals surface area (Å²) in [6.45, 7) is 3.31. The lowest BCUT2D eigenvalue weighted by molar-refractivity contribution is 0.544. The van der Waals surface area contributed by atoms with E-state index >= 15 is 0 Å². The predicted molar refractivity (Wildman–Crippen MR) is 73.2 cm³/mol. The first-order chi connectivity index (χ1) is 9.11. The van der Waals surface area contributed by atoms with Crippen molar-refractivity contribution in [3.8, 4) is 0 Å². The summed E-state index contributed by atoms with van der Waals surface area (Å²) < 4.78 is 4.46. The van der Waals surface area contributed by atoms with Gasteiger partial charge in [-0.25, -0.2) is 9.78 Å². The van der Waals surface area contributed by atoms with E-state index in [2.05, 4.69) is 4.98 Å². The zero-order valence-corrected chi connectivity index (χ0v) is 11.3. The predicted octanol–water partition coefficient (Wildman–Crippen LogP) is -0.344. The molecule has 2 aromatic heterocycles.